The summed E-state index contributed by atoms with van der Waals surface area (Å²) in [4.78, 5) is 20.9. The fourth-order valence-electron chi connectivity index (χ4n) is 3.63. The average molecular weight is 540 g/mol. The number of aliphatic imine (C=N–C) groups is 1. The molecule has 7 nitrogen and oxygen atoms in total. The summed E-state index contributed by atoms with van der Waals surface area (Å²) in [5.41, 5.74) is 2.22. The van der Waals surface area contributed by atoms with Crippen LogP contribution in [0.25, 0.3) is 11.3 Å². The van der Waals surface area contributed by atoms with Crippen LogP contribution >= 0.6 is 24.0 Å². The first-order valence-electron chi connectivity index (χ1n) is 10.8. The molecule has 1 aromatic carbocycles. The third-order valence-corrected chi connectivity index (χ3v) is 5.29. The number of guanidine groups is 1. The van der Waals surface area contributed by atoms with Gasteiger partial charge in [-0.15, -0.1) is 24.0 Å². The minimum absolute atomic E-state index is 0. The number of rotatable bonds is 7. The molecular formula is C23H33IN4O3. The molecule has 0 atom stereocenters. The van der Waals surface area contributed by atoms with Gasteiger partial charge in [-0.05, 0) is 46.5 Å². The number of hydrogen-bond donors (Lipinski definition) is 2. The molecule has 0 unspecified atom stereocenters. The van der Waals surface area contributed by atoms with Gasteiger partial charge in [0, 0.05) is 18.2 Å². The number of aryl methyl sites for hydroxylation is 1. The molecule has 1 aliphatic carbocycles. The van der Waals surface area contributed by atoms with Gasteiger partial charge in [0.15, 0.2) is 11.7 Å². The molecule has 2 N–H and O–H groups in total. The van der Waals surface area contributed by atoms with E-state index >= 15 is 0 Å². The Bertz CT molecular complexity index is 843. The third-order valence-electron chi connectivity index (χ3n) is 5.29. The minimum atomic E-state index is -0.0650. The number of hydrogen-bond acceptors (Lipinski definition) is 5. The number of carbonyl (C=O) groups excluding carboxylic acids is 1. The van der Waals surface area contributed by atoms with Crippen molar-refractivity contribution in [1.29, 1.82) is 0 Å². The van der Waals surface area contributed by atoms with Crippen LogP contribution < -0.4 is 10.6 Å². The normalized spacial score (nSPS) is 18.7. The van der Waals surface area contributed by atoms with Gasteiger partial charge in [0.2, 0.25) is 5.89 Å². The summed E-state index contributed by atoms with van der Waals surface area (Å²) in [5, 5.41) is 6.76. The SMILES string of the molecule is CCNC(=NCc1ncc(-c2ccc(C)cc2)o1)NC1CCC(C(=O)OCC)CC1.I. The maximum atomic E-state index is 11.9. The lowest BCUT2D eigenvalue weighted by atomic mass is 9.86. The number of nitrogens with zero attached hydrogens (tertiary/aromatic N) is 2. The molecule has 0 radical (unpaired) electrons. The molecule has 2 aromatic rings. The van der Waals surface area contributed by atoms with Crippen LogP contribution in [0.5, 0.6) is 0 Å². The van der Waals surface area contributed by atoms with Crippen molar-refractivity contribution in [2.24, 2.45) is 10.9 Å². The second kappa shape index (κ2) is 12.7. The van der Waals surface area contributed by atoms with Crippen molar-refractivity contribution in [3.63, 3.8) is 0 Å². The maximum absolute atomic E-state index is 11.9. The van der Waals surface area contributed by atoms with E-state index in [0.29, 0.717) is 25.1 Å². The molecule has 1 heterocycles. The summed E-state index contributed by atoms with van der Waals surface area (Å²) in [5.74, 6) is 2.02. The summed E-state index contributed by atoms with van der Waals surface area (Å²) in [7, 11) is 0. The van der Waals surface area contributed by atoms with E-state index < -0.39 is 0 Å². The Morgan fingerprint density at radius 1 is 1.19 bits per heavy atom. The molecular weight excluding hydrogens is 507 g/mol. The highest BCUT2D eigenvalue weighted by Gasteiger charge is 2.27. The summed E-state index contributed by atoms with van der Waals surface area (Å²) in [6.45, 7) is 7.52. The Morgan fingerprint density at radius 3 is 2.55 bits per heavy atom. The molecule has 3 rings (SSSR count). The molecule has 0 saturated heterocycles. The number of esters is 1. The van der Waals surface area contributed by atoms with Crippen LogP contribution in [0.1, 0.15) is 51.0 Å². The van der Waals surface area contributed by atoms with E-state index in [9.17, 15) is 4.79 Å². The van der Waals surface area contributed by atoms with Gasteiger partial charge in [0.05, 0.1) is 18.7 Å². The number of benzene rings is 1. The van der Waals surface area contributed by atoms with Gasteiger partial charge in [-0.3, -0.25) is 4.79 Å². The van der Waals surface area contributed by atoms with E-state index in [1.165, 1.54) is 5.56 Å². The first kappa shape index (κ1) is 25.2. The molecule has 0 amide bonds. The molecule has 1 saturated carbocycles. The number of carbonyl (C=O) groups is 1. The van der Waals surface area contributed by atoms with E-state index in [2.05, 4.69) is 39.7 Å². The van der Waals surface area contributed by atoms with Crippen LogP contribution in [0, 0.1) is 12.8 Å². The molecule has 1 aromatic heterocycles. The second-order valence-corrected chi connectivity index (χ2v) is 7.62. The van der Waals surface area contributed by atoms with Gasteiger partial charge < -0.3 is 19.8 Å². The Kier molecular flexibility index (Phi) is 10.3. The van der Waals surface area contributed by atoms with Crippen molar-refractivity contribution in [2.75, 3.05) is 13.2 Å². The van der Waals surface area contributed by atoms with Crippen molar-refractivity contribution in [1.82, 2.24) is 15.6 Å². The van der Waals surface area contributed by atoms with Gasteiger partial charge >= 0.3 is 5.97 Å². The standard InChI is InChI=1S/C23H32N4O3.HI/c1-4-24-23(27-19-12-10-18(11-13-19)22(28)29-5-2)26-15-21-25-14-20(30-21)17-8-6-16(3)7-9-17;/h6-9,14,18-19H,4-5,10-13,15H2,1-3H3,(H2,24,26,27);1H. The molecule has 1 aliphatic rings. The van der Waals surface area contributed by atoms with Crippen LogP contribution in [-0.2, 0) is 16.1 Å². The molecule has 170 valence electrons. The number of oxazole rings is 1. The van der Waals surface area contributed by atoms with Crippen molar-refractivity contribution >= 4 is 35.9 Å². The molecule has 31 heavy (non-hydrogen) atoms. The van der Waals surface area contributed by atoms with E-state index in [4.69, 9.17) is 9.15 Å². The quantitative estimate of drug-likeness (QED) is 0.234. The first-order chi connectivity index (χ1) is 14.6. The Morgan fingerprint density at radius 2 is 1.90 bits per heavy atom. The lowest BCUT2D eigenvalue weighted by molar-refractivity contribution is -0.149. The van der Waals surface area contributed by atoms with Crippen molar-refractivity contribution in [2.45, 2.75) is 59.0 Å². The monoisotopic (exact) mass is 540 g/mol. The van der Waals surface area contributed by atoms with Crippen molar-refractivity contribution < 1.29 is 13.9 Å². The Labute approximate surface area is 201 Å². The molecule has 8 heteroatoms. The second-order valence-electron chi connectivity index (χ2n) is 7.62. The van der Waals surface area contributed by atoms with Gasteiger partial charge in [-0.1, -0.05) is 29.8 Å². The van der Waals surface area contributed by atoms with Gasteiger partial charge in [0.1, 0.15) is 6.54 Å². The number of ether oxygens (including phenoxy) is 1. The zero-order valence-electron chi connectivity index (χ0n) is 18.5. The molecule has 0 spiro atoms. The maximum Gasteiger partial charge on any atom is 0.308 e. The summed E-state index contributed by atoms with van der Waals surface area (Å²) >= 11 is 0. The van der Waals surface area contributed by atoms with Crippen LogP contribution in [-0.4, -0.2) is 36.1 Å². The van der Waals surface area contributed by atoms with Crippen LogP contribution in [0.4, 0.5) is 0 Å². The third kappa shape index (κ3) is 7.52. The van der Waals surface area contributed by atoms with E-state index in [1.807, 2.05) is 26.0 Å². The van der Waals surface area contributed by atoms with Gasteiger partial charge in [-0.2, -0.15) is 0 Å². The predicted octanol–water partition coefficient (Wildman–Crippen LogP) is 4.45. The summed E-state index contributed by atoms with van der Waals surface area (Å²) < 4.78 is 11.0. The molecule has 0 aliphatic heterocycles. The fraction of sp³-hybridized carbons (Fsp3) is 0.522. The van der Waals surface area contributed by atoms with Crippen LogP contribution in [0.3, 0.4) is 0 Å². The van der Waals surface area contributed by atoms with Gasteiger partial charge in [0.25, 0.3) is 0 Å². The smallest absolute Gasteiger partial charge is 0.308 e. The fourth-order valence-corrected chi connectivity index (χ4v) is 3.63. The van der Waals surface area contributed by atoms with E-state index in [0.717, 1.165) is 49.5 Å². The van der Waals surface area contributed by atoms with E-state index in [1.54, 1.807) is 6.20 Å². The van der Waals surface area contributed by atoms with Crippen molar-refractivity contribution in [3.8, 4) is 11.3 Å². The lowest BCUT2D eigenvalue weighted by Crippen LogP contribution is -2.45. The Hall–Kier alpha value is -2.10. The topological polar surface area (TPSA) is 88.8 Å². The first-order valence-corrected chi connectivity index (χ1v) is 10.8. The van der Waals surface area contributed by atoms with Gasteiger partial charge in [-0.25, -0.2) is 9.98 Å². The summed E-state index contributed by atoms with van der Waals surface area (Å²) in [6, 6.07) is 8.46. The summed E-state index contributed by atoms with van der Waals surface area (Å²) in [6.07, 6.45) is 5.27. The zero-order chi connectivity index (χ0) is 21.3. The minimum Gasteiger partial charge on any atom is -0.466 e. The van der Waals surface area contributed by atoms with Crippen LogP contribution in [0.2, 0.25) is 0 Å². The van der Waals surface area contributed by atoms with Crippen LogP contribution in [0.15, 0.2) is 39.9 Å². The predicted molar refractivity (Wildman–Crippen MR) is 132 cm³/mol. The number of halogens is 1. The van der Waals surface area contributed by atoms with E-state index in [-0.39, 0.29) is 35.9 Å². The lowest BCUT2D eigenvalue weighted by Gasteiger charge is -2.29. The molecule has 0 bridgehead atoms. The average Bonchev–Trinajstić information content (AvgIpc) is 3.22. The number of nitrogens with one attached hydrogen (secondary N) is 2. The van der Waals surface area contributed by atoms with Crippen molar-refractivity contribution in [3.05, 3.63) is 41.9 Å². The zero-order valence-corrected chi connectivity index (χ0v) is 20.8. The highest BCUT2D eigenvalue weighted by Crippen LogP contribution is 2.25. The highest BCUT2D eigenvalue weighted by atomic mass is 127. The Balaban J connectivity index is 0.00000341. The molecule has 1 fully saturated rings. The largest absolute Gasteiger partial charge is 0.466 e. The number of aromatic nitrogens is 1. The highest BCUT2D eigenvalue weighted by molar-refractivity contribution is 14.0.